The molecular formula is C11H14N4O2S2. The minimum Gasteiger partial charge on any atom is -0.384 e. The highest BCUT2D eigenvalue weighted by molar-refractivity contribution is 7.93. The number of nitrogens with zero attached hydrogens (tertiary/aromatic N) is 2. The van der Waals surface area contributed by atoms with Crippen molar-refractivity contribution in [2.75, 3.05) is 16.6 Å². The maximum absolute atomic E-state index is 12.3. The van der Waals surface area contributed by atoms with Gasteiger partial charge in [-0.2, -0.15) is 0 Å². The highest BCUT2D eigenvalue weighted by Crippen LogP contribution is 2.24. The second-order valence-corrected chi connectivity index (χ2v) is 6.25. The van der Waals surface area contributed by atoms with Crippen molar-refractivity contribution in [3.63, 3.8) is 0 Å². The summed E-state index contributed by atoms with van der Waals surface area (Å²) in [6, 6.07) is 6.80. The van der Waals surface area contributed by atoms with E-state index in [0.29, 0.717) is 17.2 Å². The van der Waals surface area contributed by atoms with E-state index in [-0.39, 0.29) is 4.90 Å². The van der Waals surface area contributed by atoms with Gasteiger partial charge in [0.15, 0.2) is 0 Å². The molecule has 0 aliphatic rings. The molecule has 0 atom stereocenters. The van der Waals surface area contributed by atoms with Gasteiger partial charge in [-0.1, -0.05) is 23.5 Å². The van der Waals surface area contributed by atoms with Gasteiger partial charge in [0.05, 0.1) is 11.9 Å². The van der Waals surface area contributed by atoms with E-state index < -0.39 is 10.0 Å². The van der Waals surface area contributed by atoms with Crippen LogP contribution in [-0.4, -0.2) is 24.5 Å². The number of rotatable bonds is 6. The Labute approximate surface area is 116 Å². The highest BCUT2D eigenvalue weighted by atomic mass is 32.2. The first kappa shape index (κ1) is 13.8. The predicted octanol–water partition coefficient (Wildman–Crippen LogP) is 2.16. The van der Waals surface area contributed by atoms with E-state index in [2.05, 4.69) is 19.6 Å². The number of hydrogen-bond acceptors (Lipinski definition) is 6. The first-order valence-corrected chi connectivity index (χ1v) is 8.02. The molecular weight excluding hydrogens is 284 g/mol. The molecule has 0 unspecified atom stereocenters. The van der Waals surface area contributed by atoms with Crippen molar-refractivity contribution in [3.05, 3.63) is 30.5 Å². The molecule has 0 aliphatic carbocycles. The van der Waals surface area contributed by atoms with Crippen molar-refractivity contribution >= 4 is 32.2 Å². The van der Waals surface area contributed by atoms with Gasteiger partial charge < -0.3 is 5.32 Å². The standard InChI is InChI=1S/C11H14N4O2S2/c1-2-7-12-9-5-3-4-6-10(9)19(16,17)14-11-8-13-15-18-11/h3-6,8,12,14H,2,7H2,1H3. The SMILES string of the molecule is CCCNc1ccccc1S(=O)(=O)Nc1cnns1. The summed E-state index contributed by atoms with van der Waals surface area (Å²) in [6.07, 6.45) is 2.30. The Morgan fingerprint density at radius 1 is 1.32 bits per heavy atom. The Hall–Kier alpha value is -1.67. The lowest BCUT2D eigenvalue weighted by atomic mass is 10.3. The van der Waals surface area contributed by atoms with Gasteiger partial charge in [-0.3, -0.25) is 4.72 Å². The minimum absolute atomic E-state index is 0.219. The number of anilines is 2. The Bertz CT molecular complexity index is 626. The highest BCUT2D eigenvalue weighted by Gasteiger charge is 2.18. The van der Waals surface area contributed by atoms with Gasteiger partial charge in [-0.25, -0.2) is 8.42 Å². The van der Waals surface area contributed by atoms with Crippen molar-refractivity contribution in [2.45, 2.75) is 18.2 Å². The second-order valence-electron chi connectivity index (χ2n) is 3.81. The van der Waals surface area contributed by atoms with Crippen LogP contribution < -0.4 is 10.0 Å². The Morgan fingerprint density at radius 3 is 2.79 bits per heavy atom. The molecule has 0 bridgehead atoms. The van der Waals surface area contributed by atoms with E-state index >= 15 is 0 Å². The lowest BCUT2D eigenvalue weighted by Crippen LogP contribution is -2.15. The molecule has 0 spiro atoms. The lowest BCUT2D eigenvalue weighted by Gasteiger charge is -2.12. The van der Waals surface area contributed by atoms with Crippen LogP contribution in [0.2, 0.25) is 0 Å². The summed E-state index contributed by atoms with van der Waals surface area (Å²) in [5.41, 5.74) is 0.592. The van der Waals surface area contributed by atoms with Crippen molar-refractivity contribution in [1.29, 1.82) is 0 Å². The van der Waals surface area contributed by atoms with Crippen LogP contribution in [0.25, 0.3) is 0 Å². The molecule has 0 radical (unpaired) electrons. The van der Waals surface area contributed by atoms with Crippen LogP contribution in [0.4, 0.5) is 10.7 Å². The van der Waals surface area contributed by atoms with Gasteiger partial charge in [-0.15, -0.1) is 5.10 Å². The quantitative estimate of drug-likeness (QED) is 0.853. The smallest absolute Gasteiger partial charge is 0.264 e. The third-order valence-electron chi connectivity index (χ3n) is 2.34. The second kappa shape index (κ2) is 5.98. The average molecular weight is 298 g/mol. The minimum atomic E-state index is -3.63. The van der Waals surface area contributed by atoms with Gasteiger partial charge in [0.1, 0.15) is 9.90 Å². The molecule has 1 aromatic carbocycles. The third kappa shape index (κ3) is 3.42. The van der Waals surface area contributed by atoms with E-state index in [9.17, 15) is 8.42 Å². The van der Waals surface area contributed by atoms with Gasteiger partial charge in [0.25, 0.3) is 10.0 Å². The van der Waals surface area contributed by atoms with Crippen LogP contribution in [0, 0.1) is 0 Å². The maximum atomic E-state index is 12.3. The molecule has 0 fully saturated rings. The van der Waals surface area contributed by atoms with Gasteiger partial charge in [0.2, 0.25) is 0 Å². The number of aromatic nitrogens is 2. The van der Waals surface area contributed by atoms with Crippen LogP contribution >= 0.6 is 11.5 Å². The van der Waals surface area contributed by atoms with Crippen LogP contribution in [0.15, 0.2) is 35.4 Å². The van der Waals surface area contributed by atoms with Crippen molar-refractivity contribution in [2.24, 2.45) is 0 Å². The third-order valence-corrected chi connectivity index (χ3v) is 4.47. The number of para-hydroxylation sites is 1. The first-order valence-electron chi connectivity index (χ1n) is 5.76. The molecule has 1 aromatic heterocycles. The molecule has 19 heavy (non-hydrogen) atoms. The fraction of sp³-hybridized carbons (Fsp3) is 0.273. The zero-order valence-corrected chi connectivity index (χ0v) is 12.0. The normalized spacial score (nSPS) is 11.2. The number of sulfonamides is 1. The molecule has 2 aromatic rings. The summed E-state index contributed by atoms with van der Waals surface area (Å²) in [5, 5.41) is 7.09. The van der Waals surface area contributed by atoms with Gasteiger partial charge in [0, 0.05) is 18.1 Å². The number of nitrogens with one attached hydrogen (secondary N) is 2. The summed E-state index contributed by atoms with van der Waals surface area (Å²) >= 11 is 0.996. The van der Waals surface area contributed by atoms with Crippen LogP contribution in [0.1, 0.15) is 13.3 Å². The Morgan fingerprint density at radius 2 is 2.11 bits per heavy atom. The van der Waals surface area contributed by atoms with Crippen molar-refractivity contribution in [1.82, 2.24) is 9.59 Å². The molecule has 102 valence electrons. The van der Waals surface area contributed by atoms with E-state index in [0.717, 1.165) is 18.0 Å². The van der Waals surface area contributed by atoms with E-state index in [1.165, 1.54) is 6.20 Å². The summed E-state index contributed by atoms with van der Waals surface area (Å²) in [6.45, 7) is 2.74. The summed E-state index contributed by atoms with van der Waals surface area (Å²) in [5.74, 6) is 0. The van der Waals surface area contributed by atoms with E-state index in [4.69, 9.17) is 0 Å². The Balaban J connectivity index is 2.29. The van der Waals surface area contributed by atoms with Crippen LogP contribution in [-0.2, 0) is 10.0 Å². The first-order chi connectivity index (χ1) is 9.13. The largest absolute Gasteiger partial charge is 0.384 e. The van der Waals surface area contributed by atoms with Crippen LogP contribution in [0.5, 0.6) is 0 Å². The molecule has 8 heteroatoms. The fourth-order valence-electron chi connectivity index (χ4n) is 1.51. The molecule has 0 saturated heterocycles. The molecule has 0 saturated carbocycles. The maximum Gasteiger partial charge on any atom is 0.264 e. The van der Waals surface area contributed by atoms with Gasteiger partial charge in [-0.05, 0) is 18.6 Å². The molecule has 6 nitrogen and oxygen atoms in total. The lowest BCUT2D eigenvalue weighted by molar-refractivity contribution is 0.601. The number of hydrogen-bond donors (Lipinski definition) is 2. The van der Waals surface area contributed by atoms with E-state index in [1.807, 2.05) is 6.92 Å². The topological polar surface area (TPSA) is 84.0 Å². The molecule has 1 heterocycles. The summed E-state index contributed by atoms with van der Waals surface area (Å²) in [4.78, 5) is 0.219. The number of benzene rings is 1. The summed E-state index contributed by atoms with van der Waals surface area (Å²) in [7, 11) is -3.63. The molecule has 0 amide bonds. The summed E-state index contributed by atoms with van der Waals surface area (Å²) < 4.78 is 30.6. The average Bonchev–Trinajstić information content (AvgIpc) is 2.88. The molecule has 2 N–H and O–H groups in total. The molecule has 2 rings (SSSR count). The zero-order chi connectivity index (χ0) is 13.7. The monoisotopic (exact) mass is 298 g/mol. The molecule has 0 aliphatic heterocycles. The van der Waals surface area contributed by atoms with Crippen molar-refractivity contribution < 1.29 is 8.42 Å². The van der Waals surface area contributed by atoms with Gasteiger partial charge >= 0.3 is 0 Å². The Kier molecular flexibility index (Phi) is 4.33. The zero-order valence-electron chi connectivity index (χ0n) is 10.3. The van der Waals surface area contributed by atoms with Crippen molar-refractivity contribution in [3.8, 4) is 0 Å². The van der Waals surface area contributed by atoms with E-state index in [1.54, 1.807) is 24.3 Å². The van der Waals surface area contributed by atoms with Crippen LogP contribution in [0.3, 0.4) is 0 Å². The predicted molar refractivity (Wildman–Crippen MR) is 75.9 cm³/mol. The fourth-order valence-corrected chi connectivity index (χ4v) is 3.38.